The molecule has 2 aromatic heterocycles. The number of aromatic amines is 1. The largest absolute Gasteiger partial charge is 0.288 e. The van der Waals surface area contributed by atoms with E-state index in [1.165, 1.54) is 17.4 Å². The number of carbonyl (C=O) groups is 1. The Hall–Kier alpha value is -1.73. The summed E-state index contributed by atoms with van der Waals surface area (Å²) in [5, 5.41) is 17.6. The van der Waals surface area contributed by atoms with Crippen LogP contribution in [0.5, 0.6) is 0 Å². The summed E-state index contributed by atoms with van der Waals surface area (Å²) in [4.78, 5) is 12.2. The Kier molecular flexibility index (Phi) is 3.28. The summed E-state index contributed by atoms with van der Waals surface area (Å²) in [7, 11) is 0. The molecule has 16 heavy (non-hydrogen) atoms. The highest BCUT2D eigenvalue weighted by Crippen LogP contribution is 2.20. The number of hydrogen-bond donors (Lipinski definition) is 2. The predicted octanol–water partition coefficient (Wildman–Crippen LogP) is 1.57. The molecule has 2 aromatic rings. The first kappa shape index (κ1) is 10.8. The molecular weight excluding hydrogens is 250 g/mol. The molecule has 0 saturated carbocycles. The molecule has 0 unspecified atom stereocenters. The van der Waals surface area contributed by atoms with Crippen LogP contribution in [0, 0.1) is 0 Å². The Bertz CT molecular complexity index is 506. The lowest BCUT2D eigenvalue weighted by molar-refractivity contribution is -0.111. The molecule has 0 saturated heterocycles. The smallest absolute Gasteiger partial charge is 0.270 e. The standard InChI is InChI=1S/C8H6ClN5OS/c9-5-3-6(16-4-5)1-2-7(15)10-8-11-13-14-12-8/h1-4H,(H2,10,11,12,13,14,15). The maximum absolute atomic E-state index is 11.3. The number of carbonyl (C=O) groups excluding carboxylic acids is 1. The van der Waals surface area contributed by atoms with Crippen molar-refractivity contribution in [2.45, 2.75) is 0 Å². The Morgan fingerprint density at radius 1 is 1.62 bits per heavy atom. The van der Waals surface area contributed by atoms with Gasteiger partial charge >= 0.3 is 0 Å². The zero-order valence-corrected chi connectivity index (χ0v) is 9.42. The van der Waals surface area contributed by atoms with Crippen molar-refractivity contribution in [1.29, 1.82) is 0 Å². The molecule has 0 aliphatic heterocycles. The van der Waals surface area contributed by atoms with E-state index in [9.17, 15) is 4.79 Å². The van der Waals surface area contributed by atoms with E-state index in [0.717, 1.165) is 4.88 Å². The van der Waals surface area contributed by atoms with E-state index in [0.29, 0.717) is 5.02 Å². The summed E-state index contributed by atoms with van der Waals surface area (Å²) >= 11 is 7.19. The lowest BCUT2D eigenvalue weighted by atomic mass is 10.4. The van der Waals surface area contributed by atoms with Crippen molar-refractivity contribution in [2.75, 3.05) is 5.32 Å². The van der Waals surface area contributed by atoms with Gasteiger partial charge in [-0.05, 0) is 17.4 Å². The average Bonchev–Trinajstić information content (AvgIpc) is 2.87. The van der Waals surface area contributed by atoms with Gasteiger partial charge in [0, 0.05) is 16.3 Å². The number of thiophene rings is 1. The van der Waals surface area contributed by atoms with E-state index < -0.39 is 0 Å². The molecule has 0 aliphatic carbocycles. The molecule has 0 bridgehead atoms. The molecule has 1 amide bonds. The molecule has 2 heterocycles. The highest BCUT2D eigenvalue weighted by Gasteiger charge is 2.01. The highest BCUT2D eigenvalue weighted by molar-refractivity contribution is 7.11. The number of rotatable bonds is 3. The second kappa shape index (κ2) is 4.86. The number of nitrogens with zero attached hydrogens (tertiary/aromatic N) is 3. The van der Waals surface area contributed by atoms with Crippen LogP contribution in [0.1, 0.15) is 4.88 Å². The van der Waals surface area contributed by atoms with Crippen LogP contribution in [0.3, 0.4) is 0 Å². The second-order valence-electron chi connectivity index (χ2n) is 2.73. The Labute approximate surface area is 99.3 Å². The van der Waals surface area contributed by atoms with Crippen LogP contribution in [0.15, 0.2) is 17.5 Å². The molecule has 2 rings (SSSR count). The molecule has 0 spiro atoms. The third kappa shape index (κ3) is 2.88. The van der Waals surface area contributed by atoms with Gasteiger partial charge in [0.2, 0.25) is 0 Å². The molecular formula is C8H6ClN5OS. The zero-order chi connectivity index (χ0) is 11.4. The number of halogens is 1. The van der Waals surface area contributed by atoms with Crippen LogP contribution in [-0.4, -0.2) is 26.5 Å². The molecule has 82 valence electrons. The number of anilines is 1. The summed E-state index contributed by atoms with van der Waals surface area (Å²) in [6.07, 6.45) is 3.03. The summed E-state index contributed by atoms with van der Waals surface area (Å²) < 4.78 is 0. The molecule has 0 aromatic carbocycles. The molecule has 0 fully saturated rings. The SMILES string of the molecule is O=C(C=Cc1cc(Cl)cs1)Nc1nn[nH]n1. The number of tetrazole rings is 1. The van der Waals surface area contributed by atoms with Gasteiger partial charge in [0.25, 0.3) is 11.9 Å². The van der Waals surface area contributed by atoms with E-state index in [1.54, 1.807) is 17.5 Å². The van der Waals surface area contributed by atoms with Crippen LogP contribution in [0.2, 0.25) is 5.02 Å². The third-order valence-corrected chi connectivity index (χ3v) is 2.81. The van der Waals surface area contributed by atoms with Gasteiger partial charge in [-0.15, -0.1) is 16.4 Å². The number of H-pyrrole nitrogens is 1. The van der Waals surface area contributed by atoms with Crippen molar-refractivity contribution < 1.29 is 4.79 Å². The van der Waals surface area contributed by atoms with E-state index in [4.69, 9.17) is 11.6 Å². The van der Waals surface area contributed by atoms with Gasteiger partial charge in [-0.1, -0.05) is 16.7 Å². The molecule has 0 radical (unpaired) electrons. The van der Waals surface area contributed by atoms with Gasteiger partial charge in [0.15, 0.2) is 0 Å². The van der Waals surface area contributed by atoms with Gasteiger partial charge in [-0.25, -0.2) is 0 Å². The van der Waals surface area contributed by atoms with Gasteiger partial charge in [0.1, 0.15) is 0 Å². The Morgan fingerprint density at radius 2 is 2.50 bits per heavy atom. The van der Waals surface area contributed by atoms with Crippen molar-refractivity contribution in [1.82, 2.24) is 20.6 Å². The number of amides is 1. The fourth-order valence-corrected chi connectivity index (χ4v) is 1.91. The van der Waals surface area contributed by atoms with Crippen molar-refractivity contribution >= 4 is 40.9 Å². The molecule has 0 atom stereocenters. The zero-order valence-electron chi connectivity index (χ0n) is 7.85. The fourth-order valence-electron chi connectivity index (χ4n) is 0.940. The minimum atomic E-state index is -0.328. The minimum absolute atomic E-state index is 0.138. The fraction of sp³-hybridized carbons (Fsp3) is 0. The normalized spacial score (nSPS) is 10.8. The third-order valence-electron chi connectivity index (χ3n) is 1.57. The summed E-state index contributed by atoms with van der Waals surface area (Å²) in [6, 6.07) is 1.77. The van der Waals surface area contributed by atoms with Crippen molar-refractivity contribution in [2.24, 2.45) is 0 Å². The lowest BCUT2D eigenvalue weighted by Gasteiger charge is -1.91. The average molecular weight is 256 g/mol. The van der Waals surface area contributed by atoms with Gasteiger partial charge in [-0.2, -0.15) is 5.21 Å². The van der Waals surface area contributed by atoms with E-state index in [-0.39, 0.29) is 11.9 Å². The first-order chi connectivity index (χ1) is 7.74. The Morgan fingerprint density at radius 3 is 3.12 bits per heavy atom. The second-order valence-corrected chi connectivity index (χ2v) is 4.10. The Balaban J connectivity index is 1.94. The first-order valence-corrected chi connectivity index (χ1v) is 5.46. The monoisotopic (exact) mass is 255 g/mol. The minimum Gasteiger partial charge on any atom is -0.288 e. The van der Waals surface area contributed by atoms with Crippen molar-refractivity contribution in [3.05, 3.63) is 27.4 Å². The molecule has 6 nitrogen and oxygen atoms in total. The summed E-state index contributed by atoms with van der Waals surface area (Å²) in [5.74, 6) is -0.190. The quantitative estimate of drug-likeness (QED) is 0.816. The van der Waals surface area contributed by atoms with Gasteiger partial charge in [0.05, 0.1) is 5.02 Å². The number of hydrogen-bond acceptors (Lipinski definition) is 5. The number of nitrogens with one attached hydrogen (secondary N) is 2. The highest BCUT2D eigenvalue weighted by atomic mass is 35.5. The molecule has 0 aliphatic rings. The summed E-state index contributed by atoms with van der Waals surface area (Å²) in [6.45, 7) is 0. The van der Waals surface area contributed by atoms with Crippen LogP contribution >= 0.6 is 22.9 Å². The lowest BCUT2D eigenvalue weighted by Crippen LogP contribution is -2.08. The van der Waals surface area contributed by atoms with Crippen molar-refractivity contribution in [3.63, 3.8) is 0 Å². The topological polar surface area (TPSA) is 83.6 Å². The number of aromatic nitrogens is 4. The first-order valence-electron chi connectivity index (χ1n) is 4.20. The van der Waals surface area contributed by atoms with Gasteiger partial charge < -0.3 is 0 Å². The predicted molar refractivity (Wildman–Crippen MR) is 61.2 cm³/mol. The van der Waals surface area contributed by atoms with E-state index in [2.05, 4.69) is 25.9 Å². The van der Waals surface area contributed by atoms with Crippen molar-refractivity contribution in [3.8, 4) is 0 Å². The van der Waals surface area contributed by atoms with Crippen LogP contribution < -0.4 is 5.32 Å². The maximum atomic E-state index is 11.3. The molecule has 2 N–H and O–H groups in total. The molecule has 8 heteroatoms. The van der Waals surface area contributed by atoms with Gasteiger partial charge in [-0.3, -0.25) is 10.1 Å². The van der Waals surface area contributed by atoms with Crippen LogP contribution in [0.4, 0.5) is 5.95 Å². The summed E-state index contributed by atoms with van der Waals surface area (Å²) in [5.41, 5.74) is 0. The van der Waals surface area contributed by atoms with E-state index >= 15 is 0 Å². The van der Waals surface area contributed by atoms with Crippen LogP contribution in [-0.2, 0) is 4.79 Å². The van der Waals surface area contributed by atoms with E-state index in [1.807, 2.05) is 0 Å². The maximum Gasteiger partial charge on any atom is 0.270 e. The van der Waals surface area contributed by atoms with Crippen LogP contribution in [0.25, 0.3) is 6.08 Å².